The van der Waals surface area contributed by atoms with E-state index in [-0.39, 0.29) is 17.5 Å². The Labute approximate surface area is 165 Å². The molecule has 0 bridgehead atoms. The van der Waals surface area contributed by atoms with Crippen LogP contribution in [0.3, 0.4) is 0 Å². The van der Waals surface area contributed by atoms with Crippen LogP contribution in [0, 0.1) is 23.0 Å². The summed E-state index contributed by atoms with van der Waals surface area (Å²) in [6.07, 6.45) is -2.72. The van der Waals surface area contributed by atoms with E-state index >= 15 is 0 Å². The number of halogens is 3. The molecule has 0 amide bonds. The highest BCUT2D eigenvalue weighted by Gasteiger charge is 2.37. The Morgan fingerprint density at radius 3 is 2.75 bits per heavy atom. The molecule has 150 valence electrons. The van der Waals surface area contributed by atoms with E-state index in [0.717, 1.165) is 18.4 Å². The number of alkyl halides is 3. The van der Waals surface area contributed by atoms with Crippen LogP contribution in [0.2, 0.25) is 0 Å². The van der Waals surface area contributed by atoms with Crippen molar-refractivity contribution in [3.05, 3.63) is 36.4 Å². The molecule has 1 aliphatic rings. The van der Waals surface area contributed by atoms with Gasteiger partial charge in [-0.2, -0.15) is 13.2 Å². The van der Waals surface area contributed by atoms with Crippen molar-refractivity contribution in [1.82, 2.24) is 4.98 Å². The van der Waals surface area contributed by atoms with Gasteiger partial charge < -0.3 is 13.9 Å². The number of aromatic nitrogens is 1. The SMILES string of the molecule is CCSC#CC1CCOCC1COc1ccc(-c2coc(C(F)(F)F)n2)cc1. The largest absolute Gasteiger partial charge is 0.493 e. The summed E-state index contributed by atoms with van der Waals surface area (Å²) in [5.41, 5.74) is 0.649. The van der Waals surface area contributed by atoms with Crippen LogP contribution in [-0.4, -0.2) is 30.6 Å². The van der Waals surface area contributed by atoms with E-state index in [1.807, 2.05) is 0 Å². The minimum absolute atomic E-state index is 0.128. The monoisotopic (exact) mass is 411 g/mol. The molecule has 0 N–H and O–H groups in total. The topological polar surface area (TPSA) is 44.5 Å². The normalized spacial score (nSPS) is 19.7. The quantitative estimate of drug-likeness (QED) is 0.640. The second-order valence-electron chi connectivity index (χ2n) is 6.28. The highest BCUT2D eigenvalue weighted by molar-refractivity contribution is 8.03. The molecule has 0 saturated carbocycles. The number of rotatable bonds is 5. The van der Waals surface area contributed by atoms with Crippen molar-refractivity contribution >= 4 is 11.8 Å². The summed E-state index contributed by atoms with van der Waals surface area (Å²) in [6, 6.07) is 6.71. The predicted octanol–water partition coefficient (Wildman–Crippen LogP) is 5.11. The molecule has 0 radical (unpaired) electrons. The highest BCUT2D eigenvalue weighted by Crippen LogP contribution is 2.31. The van der Waals surface area contributed by atoms with E-state index in [1.165, 1.54) is 0 Å². The fraction of sp³-hybridized carbons (Fsp3) is 0.450. The fourth-order valence-corrected chi connectivity index (χ4v) is 3.18. The van der Waals surface area contributed by atoms with Gasteiger partial charge in [-0.05, 0) is 35.9 Å². The average Bonchev–Trinajstić information content (AvgIpc) is 3.19. The van der Waals surface area contributed by atoms with Crippen molar-refractivity contribution in [3.63, 3.8) is 0 Å². The van der Waals surface area contributed by atoms with E-state index in [2.05, 4.69) is 27.5 Å². The van der Waals surface area contributed by atoms with Crippen LogP contribution in [0.25, 0.3) is 11.3 Å². The summed E-state index contributed by atoms with van der Waals surface area (Å²) in [5, 5.41) is 3.13. The number of thioether (sulfide) groups is 1. The zero-order valence-corrected chi connectivity index (χ0v) is 16.1. The molecule has 0 aliphatic carbocycles. The minimum atomic E-state index is -4.60. The summed E-state index contributed by atoms with van der Waals surface area (Å²) in [5.74, 6) is 4.05. The smallest absolute Gasteiger partial charge is 0.468 e. The third-order valence-corrected chi connectivity index (χ3v) is 4.85. The lowest BCUT2D eigenvalue weighted by Gasteiger charge is -2.28. The van der Waals surface area contributed by atoms with Gasteiger partial charge in [-0.15, -0.1) is 0 Å². The molecule has 28 heavy (non-hydrogen) atoms. The fourth-order valence-electron chi connectivity index (χ4n) is 2.80. The molecule has 3 rings (SSSR count). The van der Waals surface area contributed by atoms with E-state index in [9.17, 15) is 13.2 Å². The van der Waals surface area contributed by atoms with Gasteiger partial charge in [-0.25, -0.2) is 4.98 Å². The lowest BCUT2D eigenvalue weighted by atomic mass is 9.90. The van der Waals surface area contributed by atoms with Crippen molar-refractivity contribution in [1.29, 1.82) is 0 Å². The van der Waals surface area contributed by atoms with Crippen molar-refractivity contribution in [2.75, 3.05) is 25.6 Å². The average molecular weight is 411 g/mol. The van der Waals surface area contributed by atoms with Gasteiger partial charge in [0.05, 0.1) is 13.2 Å². The van der Waals surface area contributed by atoms with Gasteiger partial charge in [0.2, 0.25) is 0 Å². The summed E-state index contributed by atoms with van der Waals surface area (Å²) < 4.78 is 53.7. The third-order valence-electron chi connectivity index (χ3n) is 4.30. The first-order chi connectivity index (χ1) is 13.5. The number of oxazole rings is 1. The maximum atomic E-state index is 12.6. The molecule has 8 heteroatoms. The summed E-state index contributed by atoms with van der Waals surface area (Å²) in [4.78, 5) is 3.48. The molecule has 2 atom stereocenters. The van der Waals surface area contributed by atoms with Crippen molar-refractivity contribution in [2.45, 2.75) is 19.5 Å². The lowest BCUT2D eigenvalue weighted by Crippen LogP contribution is -2.31. The first-order valence-corrected chi connectivity index (χ1v) is 9.92. The Kier molecular flexibility index (Phi) is 6.92. The van der Waals surface area contributed by atoms with Gasteiger partial charge >= 0.3 is 12.1 Å². The molecule has 1 saturated heterocycles. The van der Waals surface area contributed by atoms with E-state index < -0.39 is 12.1 Å². The molecular weight excluding hydrogens is 391 g/mol. The molecule has 2 aromatic rings. The Morgan fingerprint density at radius 2 is 2.07 bits per heavy atom. The second kappa shape index (κ2) is 9.39. The van der Waals surface area contributed by atoms with Crippen LogP contribution in [0.5, 0.6) is 5.75 Å². The van der Waals surface area contributed by atoms with Crippen LogP contribution in [0.1, 0.15) is 19.2 Å². The molecule has 1 aliphatic heterocycles. The predicted molar refractivity (Wildman–Crippen MR) is 101 cm³/mol. The molecule has 1 fully saturated rings. The number of hydrogen-bond acceptors (Lipinski definition) is 5. The van der Waals surface area contributed by atoms with Crippen molar-refractivity contribution in [2.24, 2.45) is 11.8 Å². The first kappa shape index (κ1) is 20.6. The van der Waals surface area contributed by atoms with Crippen LogP contribution in [0.4, 0.5) is 13.2 Å². The summed E-state index contributed by atoms with van der Waals surface area (Å²) >= 11 is 1.59. The van der Waals surface area contributed by atoms with Gasteiger partial charge in [0.15, 0.2) is 0 Å². The standard InChI is InChI=1S/C20H20F3NO3S/c1-2-28-10-8-14-7-9-25-11-16(14)12-26-17-5-3-15(4-6-17)18-13-27-19(24-18)20(21,22)23/h3-6,13-14,16H,2,7,9,11-12H2,1H3. The maximum absolute atomic E-state index is 12.6. The van der Waals surface area contributed by atoms with E-state index in [1.54, 1.807) is 36.0 Å². The Balaban J connectivity index is 1.59. The first-order valence-electron chi connectivity index (χ1n) is 8.93. The van der Waals surface area contributed by atoms with Crippen LogP contribution in [0.15, 0.2) is 34.9 Å². The Morgan fingerprint density at radius 1 is 1.29 bits per heavy atom. The van der Waals surface area contributed by atoms with Crippen LogP contribution < -0.4 is 4.74 Å². The van der Waals surface area contributed by atoms with Gasteiger partial charge in [0.1, 0.15) is 17.7 Å². The van der Waals surface area contributed by atoms with Crippen LogP contribution >= 0.6 is 11.8 Å². The molecule has 4 nitrogen and oxygen atoms in total. The third kappa shape index (κ3) is 5.46. The van der Waals surface area contributed by atoms with E-state index in [0.29, 0.717) is 31.1 Å². The lowest BCUT2D eigenvalue weighted by molar-refractivity contribution is -0.157. The Bertz CT molecular complexity index is 824. The number of nitrogens with zero attached hydrogens (tertiary/aromatic N) is 1. The van der Waals surface area contributed by atoms with Gasteiger partial charge in [0, 0.05) is 29.8 Å². The van der Waals surface area contributed by atoms with Gasteiger partial charge in [0.25, 0.3) is 0 Å². The maximum Gasteiger partial charge on any atom is 0.468 e. The summed E-state index contributed by atoms with van der Waals surface area (Å²) in [6.45, 7) is 3.85. The van der Waals surface area contributed by atoms with Gasteiger partial charge in [-0.1, -0.05) is 24.6 Å². The minimum Gasteiger partial charge on any atom is -0.493 e. The van der Waals surface area contributed by atoms with E-state index in [4.69, 9.17) is 9.47 Å². The van der Waals surface area contributed by atoms with Crippen molar-refractivity contribution in [3.8, 4) is 28.2 Å². The molecule has 1 aromatic heterocycles. The number of ether oxygens (including phenoxy) is 2. The molecule has 2 heterocycles. The highest BCUT2D eigenvalue weighted by atomic mass is 32.2. The van der Waals surface area contributed by atoms with Crippen molar-refractivity contribution < 1.29 is 27.1 Å². The number of benzene rings is 1. The molecular formula is C20H20F3NO3S. The molecule has 1 aromatic carbocycles. The summed E-state index contributed by atoms with van der Waals surface area (Å²) in [7, 11) is 0. The zero-order chi connectivity index (χ0) is 20.0. The second-order valence-corrected chi connectivity index (χ2v) is 7.35. The number of hydrogen-bond donors (Lipinski definition) is 0. The van der Waals surface area contributed by atoms with Gasteiger partial charge in [-0.3, -0.25) is 0 Å². The van der Waals surface area contributed by atoms with Crippen LogP contribution in [-0.2, 0) is 10.9 Å². The Hall–Kier alpha value is -2.11. The molecule has 2 unspecified atom stereocenters. The zero-order valence-electron chi connectivity index (χ0n) is 15.3. The molecule has 0 spiro atoms.